The van der Waals surface area contributed by atoms with Crippen molar-refractivity contribution in [3.63, 3.8) is 0 Å². The highest BCUT2D eigenvalue weighted by molar-refractivity contribution is 7.47. The number of unbranched alkanes of at least 4 members (excludes halogenated alkanes) is 33. The molecular formula is C64H120N2O7P+. The first-order valence-electron chi connectivity index (χ1n) is 31.1. The van der Waals surface area contributed by atoms with Gasteiger partial charge in [-0.05, 0) is 89.5 Å². The number of hydrogen-bond acceptors (Lipinski definition) is 6. The number of ether oxygens (including phenoxy) is 1. The number of allylic oxidation sites excluding steroid dienone is 9. The summed E-state index contributed by atoms with van der Waals surface area (Å²) >= 11 is 0. The third-order valence-corrected chi connectivity index (χ3v) is 14.7. The standard InChI is InChI=1S/C64H119N2O7P/c1-7-10-13-16-19-22-25-28-30-32-33-34-36-39-42-45-48-51-54-57-64(68)73-62(55-52-49-46-43-40-37-27-24-21-18-15-12-9-3)61(60-72-74(69,70)71-59-58-66(4,5)6)65-63(67)56-53-50-47-44-41-38-35-31-29-26-23-20-17-14-11-8-2/h19,22,28,30-31,35,38,41,52,55,61-62H,7-18,20-21,23-27,29,32-34,36-37,39-40,42-51,53-54,56-60H2,1-6H3,(H-,65,67,69,70)/p+1/b22-19-,30-28-,35-31+,41-38+,55-52+. The second-order valence-corrected chi connectivity index (χ2v) is 23.7. The molecule has 2 N–H and O–H groups in total. The van der Waals surface area contributed by atoms with E-state index in [4.69, 9.17) is 13.8 Å². The molecule has 0 bridgehead atoms. The Kier molecular flexibility index (Phi) is 52.4. The Morgan fingerprint density at radius 1 is 0.486 bits per heavy atom. The summed E-state index contributed by atoms with van der Waals surface area (Å²) in [7, 11) is 1.48. The van der Waals surface area contributed by atoms with Crippen molar-refractivity contribution in [2.24, 2.45) is 0 Å². The van der Waals surface area contributed by atoms with E-state index in [1.807, 2.05) is 33.3 Å². The lowest BCUT2D eigenvalue weighted by atomic mass is 10.0. The van der Waals surface area contributed by atoms with Crippen molar-refractivity contribution in [1.29, 1.82) is 0 Å². The lowest BCUT2D eigenvalue weighted by molar-refractivity contribution is -0.870. The lowest BCUT2D eigenvalue weighted by Gasteiger charge is -2.27. The van der Waals surface area contributed by atoms with Gasteiger partial charge >= 0.3 is 13.8 Å². The fourth-order valence-corrected chi connectivity index (χ4v) is 9.58. The van der Waals surface area contributed by atoms with E-state index in [1.54, 1.807) is 0 Å². The molecule has 0 radical (unpaired) electrons. The van der Waals surface area contributed by atoms with E-state index in [0.717, 1.165) is 70.6 Å². The third-order valence-electron chi connectivity index (χ3n) is 13.7. The van der Waals surface area contributed by atoms with Crippen LogP contribution in [-0.4, -0.2) is 74.3 Å². The molecule has 9 nitrogen and oxygen atoms in total. The Labute approximate surface area is 458 Å². The Bertz CT molecular complexity index is 1450. The summed E-state index contributed by atoms with van der Waals surface area (Å²) in [5.41, 5.74) is 0. The van der Waals surface area contributed by atoms with Gasteiger partial charge in [-0.1, -0.05) is 242 Å². The smallest absolute Gasteiger partial charge is 0.456 e. The van der Waals surface area contributed by atoms with Crippen molar-refractivity contribution in [2.45, 2.75) is 296 Å². The summed E-state index contributed by atoms with van der Waals surface area (Å²) in [4.78, 5) is 37.7. The molecule has 3 unspecified atom stereocenters. The van der Waals surface area contributed by atoms with Gasteiger partial charge in [0.15, 0.2) is 0 Å². The Morgan fingerprint density at radius 2 is 0.865 bits per heavy atom. The van der Waals surface area contributed by atoms with Crippen molar-refractivity contribution in [2.75, 3.05) is 40.9 Å². The van der Waals surface area contributed by atoms with Gasteiger partial charge in [0, 0.05) is 12.8 Å². The number of carbonyl (C=O) groups is 2. The van der Waals surface area contributed by atoms with Gasteiger partial charge in [-0.25, -0.2) is 4.57 Å². The number of esters is 1. The highest BCUT2D eigenvalue weighted by Crippen LogP contribution is 2.43. The molecular weight excluding hydrogens is 940 g/mol. The highest BCUT2D eigenvalue weighted by Gasteiger charge is 2.30. The van der Waals surface area contributed by atoms with Crippen molar-refractivity contribution < 1.29 is 37.3 Å². The fraction of sp³-hybridized carbons (Fsp3) is 0.812. The molecule has 0 aliphatic heterocycles. The minimum Gasteiger partial charge on any atom is -0.456 e. The molecule has 1 amide bonds. The topological polar surface area (TPSA) is 111 Å². The second-order valence-electron chi connectivity index (χ2n) is 22.3. The van der Waals surface area contributed by atoms with Gasteiger partial charge in [-0.15, -0.1) is 0 Å². The monoisotopic (exact) mass is 1060 g/mol. The molecule has 0 heterocycles. The second kappa shape index (κ2) is 54.1. The zero-order valence-electron chi connectivity index (χ0n) is 49.3. The van der Waals surface area contributed by atoms with Crippen LogP contribution < -0.4 is 5.32 Å². The summed E-state index contributed by atoms with van der Waals surface area (Å²) < 4.78 is 30.7. The van der Waals surface area contributed by atoms with Gasteiger partial charge in [0.2, 0.25) is 5.91 Å². The van der Waals surface area contributed by atoms with Gasteiger partial charge in [0.1, 0.15) is 19.3 Å². The van der Waals surface area contributed by atoms with Crippen LogP contribution in [0.4, 0.5) is 0 Å². The molecule has 0 saturated carbocycles. The Morgan fingerprint density at radius 3 is 1.34 bits per heavy atom. The predicted molar refractivity (Wildman–Crippen MR) is 318 cm³/mol. The number of nitrogens with zero attached hydrogens (tertiary/aromatic N) is 1. The van der Waals surface area contributed by atoms with Crippen LogP contribution >= 0.6 is 7.82 Å². The van der Waals surface area contributed by atoms with Gasteiger partial charge < -0.3 is 19.4 Å². The van der Waals surface area contributed by atoms with Crippen LogP contribution in [-0.2, 0) is 27.9 Å². The number of likely N-dealkylation sites (N-methyl/N-ethyl adjacent to an activating group) is 1. The SMILES string of the molecule is CCCCC/C=C\C/C=C\CCCCCCCCCCCC(=O)OC(/C=C/CCCCCCCCCCCCC)C(COP(=O)(O)OCC[N+](C)(C)C)NC(=O)CCCCC/C=C/C=C/CCCCCCCCC. The number of carbonyl (C=O) groups excluding carboxylic acids is 2. The zero-order chi connectivity index (χ0) is 54.3. The summed E-state index contributed by atoms with van der Waals surface area (Å²) in [5, 5.41) is 3.04. The van der Waals surface area contributed by atoms with Gasteiger partial charge in [0.05, 0.1) is 33.8 Å². The largest absolute Gasteiger partial charge is 0.472 e. The van der Waals surface area contributed by atoms with Crippen molar-refractivity contribution in [3.05, 3.63) is 60.8 Å². The van der Waals surface area contributed by atoms with Gasteiger partial charge in [-0.3, -0.25) is 18.6 Å². The summed E-state index contributed by atoms with van der Waals surface area (Å²) in [6.45, 7) is 6.98. The first-order valence-corrected chi connectivity index (χ1v) is 32.6. The average molecular weight is 1060 g/mol. The minimum atomic E-state index is -4.46. The molecule has 10 heteroatoms. The predicted octanol–water partition coefficient (Wildman–Crippen LogP) is 19.1. The molecule has 0 rings (SSSR count). The van der Waals surface area contributed by atoms with Gasteiger partial charge in [-0.2, -0.15) is 0 Å². The third kappa shape index (κ3) is 54.5. The fourth-order valence-electron chi connectivity index (χ4n) is 8.84. The lowest BCUT2D eigenvalue weighted by Crippen LogP contribution is -2.47. The molecule has 74 heavy (non-hydrogen) atoms. The van der Waals surface area contributed by atoms with Crippen molar-refractivity contribution in [1.82, 2.24) is 5.32 Å². The maximum absolute atomic E-state index is 13.5. The number of rotatable bonds is 56. The van der Waals surface area contributed by atoms with Crippen LogP contribution in [0.15, 0.2) is 60.8 Å². The first-order chi connectivity index (χ1) is 35.9. The van der Waals surface area contributed by atoms with Gasteiger partial charge in [0.25, 0.3) is 0 Å². The van der Waals surface area contributed by atoms with Crippen LogP contribution in [0.2, 0.25) is 0 Å². The van der Waals surface area contributed by atoms with E-state index >= 15 is 0 Å². The highest BCUT2D eigenvalue weighted by atomic mass is 31.2. The molecule has 0 aliphatic rings. The number of quaternary nitrogens is 1. The molecule has 0 fully saturated rings. The van der Waals surface area contributed by atoms with Crippen molar-refractivity contribution >= 4 is 19.7 Å². The van der Waals surface area contributed by atoms with E-state index < -0.39 is 20.0 Å². The molecule has 3 atom stereocenters. The molecule has 0 saturated heterocycles. The average Bonchev–Trinajstić information content (AvgIpc) is 3.36. The van der Waals surface area contributed by atoms with E-state index in [9.17, 15) is 19.0 Å². The maximum Gasteiger partial charge on any atom is 0.472 e. The van der Waals surface area contributed by atoms with E-state index in [-0.39, 0.29) is 31.5 Å². The molecule has 0 spiro atoms. The van der Waals surface area contributed by atoms with E-state index in [1.165, 1.54) is 173 Å². The Balaban J connectivity index is 5.33. The van der Waals surface area contributed by atoms with Crippen LogP contribution in [0.25, 0.3) is 0 Å². The normalized spacial score (nSPS) is 14.1. The van der Waals surface area contributed by atoms with Crippen LogP contribution in [0.3, 0.4) is 0 Å². The number of hydrogen-bond donors (Lipinski definition) is 2. The van der Waals surface area contributed by atoms with Crippen LogP contribution in [0.1, 0.15) is 284 Å². The van der Waals surface area contributed by atoms with E-state index in [2.05, 4.69) is 74.7 Å². The molecule has 432 valence electrons. The maximum atomic E-state index is 13.5. The number of amides is 1. The van der Waals surface area contributed by atoms with E-state index in [0.29, 0.717) is 23.9 Å². The quantitative estimate of drug-likeness (QED) is 0.0156. The summed E-state index contributed by atoms with van der Waals surface area (Å²) in [6.07, 6.45) is 67.8. The molecule has 0 aliphatic carbocycles. The van der Waals surface area contributed by atoms with Crippen molar-refractivity contribution in [3.8, 4) is 0 Å². The first kappa shape index (κ1) is 71.7. The Hall–Kier alpha value is -2.29. The number of phosphoric ester groups is 1. The number of nitrogens with one attached hydrogen (secondary N) is 1. The molecule has 0 aromatic heterocycles. The molecule has 0 aromatic carbocycles. The summed E-state index contributed by atoms with van der Waals surface area (Å²) in [6, 6.07) is -0.864. The summed E-state index contributed by atoms with van der Waals surface area (Å²) in [5.74, 6) is -0.535. The van der Waals surface area contributed by atoms with Crippen LogP contribution in [0, 0.1) is 0 Å². The minimum absolute atomic E-state index is 0.0336. The zero-order valence-corrected chi connectivity index (χ0v) is 50.2. The number of phosphoric acid groups is 1. The molecule has 0 aromatic rings. The van der Waals surface area contributed by atoms with Crippen LogP contribution in [0.5, 0.6) is 0 Å².